The van der Waals surface area contributed by atoms with E-state index < -0.39 is 0 Å². The summed E-state index contributed by atoms with van der Waals surface area (Å²) >= 11 is 0. The zero-order chi connectivity index (χ0) is 17.8. The van der Waals surface area contributed by atoms with Crippen LogP contribution in [-0.2, 0) is 12.8 Å². The molecule has 3 rings (SSSR count). The van der Waals surface area contributed by atoms with Gasteiger partial charge in [0.2, 0.25) is 0 Å². The van der Waals surface area contributed by atoms with Crippen molar-refractivity contribution in [3.8, 4) is 11.5 Å². The second kappa shape index (κ2) is 7.79. The Morgan fingerprint density at radius 2 is 1.76 bits per heavy atom. The zero-order valence-corrected chi connectivity index (χ0v) is 15.4. The molecule has 0 amide bonds. The number of hydrogen-bond donors (Lipinski definition) is 1. The number of anilines is 1. The Hall–Kier alpha value is -2.20. The molecule has 0 radical (unpaired) electrons. The number of fused-ring (bicyclic) bond motifs is 1. The lowest BCUT2D eigenvalue weighted by Crippen LogP contribution is -2.39. The van der Waals surface area contributed by atoms with E-state index in [0.29, 0.717) is 12.5 Å². The SMILES string of the molecule is COc1ccc(N(C)C(CN)CC2Cc3ccccc3C2)c(OC)c1. The van der Waals surface area contributed by atoms with Crippen LogP contribution in [0.3, 0.4) is 0 Å². The lowest BCUT2D eigenvalue weighted by Gasteiger charge is -2.32. The maximum absolute atomic E-state index is 6.13. The van der Waals surface area contributed by atoms with Gasteiger partial charge in [-0.25, -0.2) is 0 Å². The second-order valence-corrected chi connectivity index (χ2v) is 6.82. The fraction of sp³-hybridized carbons (Fsp3) is 0.429. The standard InChI is InChI=1S/C21H28N2O2/c1-23(20-9-8-19(24-2)13-21(20)25-3)18(14-22)12-15-10-16-6-4-5-7-17(16)11-15/h4-9,13,15,18H,10-12,14,22H2,1-3H3. The van der Waals surface area contributed by atoms with Gasteiger partial charge in [0.1, 0.15) is 11.5 Å². The molecule has 1 atom stereocenters. The zero-order valence-electron chi connectivity index (χ0n) is 15.4. The van der Waals surface area contributed by atoms with Crippen molar-refractivity contribution in [1.82, 2.24) is 0 Å². The van der Waals surface area contributed by atoms with E-state index >= 15 is 0 Å². The van der Waals surface area contributed by atoms with Gasteiger partial charge in [-0.05, 0) is 48.4 Å². The van der Waals surface area contributed by atoms with E-state index in [0.717, 1.165) is 36.4 Å². The van der Waals surface area contributed by atoms with Crippen LogP contribution in [0.2, 0.25) is 0 Å². The van der Waals surface area contributed by atoms with Gasteiger partial charge in [-0.15, -0.1) is 0 Å². The van der Waals surface area contributed by atoms with Crippen LogP contribution in [0, 0.1) is 5.92 Å². The molecule has 0 aliphatic heterocycles. The van der Waals surface area contributed by atoms with Crippen molar-refractivity contribution in [2.24, 2.45) is 11.7 Å². The van der Waals surface area contributed by atoms with E-state index in [2.05, 4.69) is 36.2 Å². The van der Waals surface area contributed by atoms with Crippen LogP contribution in [0.1, 0.15) is 17.5 Å². The first kappa shape index (κ1) is 17.6. The van der Waals surface area contributed by atoms with E-state index in [1.165, 1.54) is 11.1 Å². The molecule has 2 aromatic carbocycles. The lowest BCUT2D eigenvalue weighted by atomic mass is 9.96. The average molecular weight is 340 g/mol. The van der Waals surface area contributed by atoms with Crippen molar-refractivity contribution in [2.45, 2.75) is 25.3 Å². The topological polar surface area (TPSA) is 47.7 Å². The number of hydrogen-bond acceptors (Lipinski definition) is 4. The highest BCUT2D eigenvalue weighted by atomic mass is 16.5. The third-order valence-electron chi connectivity index (χ3n) is 5.33. The maximum Gasteiger partial charge on any atom is 0.145 e. The first-order valence-electron chi connectivity index (χ1n) is 8.88. The van der Waals surface area contributed by atoms with E-state index in [9.17, 15) is 0 Å². The summed E-state index contributed by atoms with van der Waals surface area (Å²) in [5, 5.41) is 0. The summed E-state index contributed by atoms with van der Waals surface area (Å²) < 4.78 is 10.9. The Kier molecular flexibility index (Phi) is 5.49. The summed E-state index contributed by atoms with van der Waals surface area (Å²) in [7, 11) is 5.46. The molecule has 0 spiro atoms. The van der Waals surface area contributed by atoms with Gasteiger partial charge >= 0.3 is 0 Å². The summed E-state index contributed by atoms with van der Waals surface area (Å²) in [6.45, 7) is 0.624. The highest BCUT2D eigenvalue weighted by Gasteiger charge is 2.26. The van der Waals surface area contributed by atoms with Gasteiger partial charge in [-0.3, -0.25) is 0 Å². The fourth-order valence-electron chi connectivity index (χ4n) is 3.89. The normalized spacial score (nSPS) is 14.9. The highest BCUT2D eigenvalue weighted by molar-refractivity contribution is 5.61. The van der Waals surface area contributed by atoms with Gasteiger partial charge in [-0.2, -0.15) is 0 Å². The molecule has 134 valence electrons. The third kappa shape index (κ3) is 3.74. The average Bonchev–Trinajstić information content (AvgIpc) is 3.07. The molecule has 2 N–H and O–H groups in total. The number of likely N-dealkylation sites (N-methyl/N-ethyl adjacent to an activating group) is 1. The second-order valence-electron chi connectivity index (χ2n) is 6.82. The number of methoxy groups -OCH3 is 2. The fourth-order valence-corrected chi connectivity index (χ4v) is 3.89. The lowest BCUT2D eigenvalue weighted by molar-refractivity contribution is 0.391. The van der Waals surface area contributed by atoms with Crippen molar-refractivity contribution in [3.05, 3.63) is 53.6 Å². The molecule has 25 heavy (non-hydrogen) atoms. The minimum atomic E-state index is 0.279. The van der Waals surface area contributed by atoms with Gasteiger partial charge < -0.3 is 20.1 Å². The molecule has 1 aliphatic rings. The molecule has 0 saturated carbocycles. The summed E-state index contributed by atoms with van der Waals surface area (Å²) in [6.07, 6.45) is 3.39. The minimum Gasteiger partial charge on any atom is -0.497 e. The first-order chi connectivity index (χ1) is 12.2. The molecule has 0 saturated heterocycles. The first-order valence-corrected chi connectivity index (χ1v) is 8.88. The Balaban J connectivity index is 1.73. The molecular weight excluding hydrogens is 312 g/mol. The van der Waals surface area contributed by atoms with Crippen molar-refractivity contribution in [3.63, 3.8) is 0 Å². The predicted octanol–water partition coefficient (Wildman–Crippen LogP) is 3.27. The van der Waals surface area contributed by atoms with Gasteiger partial charge in [0.25, 0.3) is 0 Å². The molecular formula is C21H28N2O2. The predicted molar refractivity (Wildman–Crippen MR) is 103 cm³/mol. The summed E-state index contributed by atoms with van der Waals surface area (Å²) in [6, 6.07) is 15.0. The number of nitrogens with zero attached hydrogens (tertiary/aromatic N) is 1. The molecule has 4 heteroatoms. The van der Waals surface area contributed by atoms with Crippen LogP contribution < -0.4 is 20.1 Å². The monoisotopic (exact) mass is 340 g/mol. The van der Waals surface area contributed by atoms with Gasteiger partial charge in [0, 0.05) is 25.7 Å². The molecule has 0 aromatic heterocycles. The minimum absolute atomic E-state index is 0.279. The molecule has 2 aromatic rings. The number of ether oxygens (including phenoxy) is 2. The molecule has 4 nitrogen and oxygen atoms in total. The Morgan fingerprint density at radius 1 is 1.08 bits per heavy atom. The highest BCUT2D eigenvalue weighted by Crippen LogP contribution is 2.35. The molecule has 0 bridgehead atoms. The summed E-state index contributed by atoms with van der Waals surface area (Å²) in [5.41, 5.74) is 10.2. The van der Waals surface area contributed by atoms with Crippen LogP contribution in [0.4, 0.5) is 5.69 Å². The van der Waals surface area contributed by atoms with Crippen molar-refractivity contribution >= 4 is 5.69 Å². The van der Waals surface area contributed by atoms with Crippen molar-refractivity contribution in [1.29, 1.82) is 0 Å². The quantitative estimate of drug-likeness (QED) is 0.840. The van der Waals surface area contributed by atoms with Gasteiger partial charge in [0.05, 0.1) is 19.9 Å². The number of rotatable bonds is 7. The van der Waals surface area contributed by atoms with Gasteiger partial charge in [0.15, 0.2) is 0 Å². The summed E-state index contributed by atoms with van der Waals surface area (Å²) in [5.74, 6) is 2.26. The Labute approximate surface area is 150 Å². The maximum atomic E-state index is 6.13. The molecule has 0 fully saturated rings. The largest absolute Gasteiger partial charge is 0.497 e. The van der Waals surface area contributed by atoms with Crippen LogP contribution in [0.15, 0.2) is 42.5 Å². The molecule has 1 unspecified atom stereocenters. The summed E-state index contributed by atoms with van der Waals surface area (Å²) in [4.78, 5) is 2.25. The van der Waals surface area contributed by atoms with E-state index in [4.69, 9.17) is 15.2 Å². The third-order valence-corrected chi connectivity index (χ3v) is 5.33. The molecule has 0 heterocycles. The van der Waals surface area contributed by atoms with Crippen LogP contribution in [0.5, 0.6) is 11.5 Å². The van der Waals surface area contributed by atoms with Crippen molar-refractivity contribution in [2.75, 3.05) is 32.7 Å². The van der Waals surface area contributed by atoms with Crippen LogP contribution in [0.25, 0.3) is 0 Å². The smallest absolute Gasteiger partial charge is 0.145 e. The molecule has 1 aliphatic carbocycles. The van der Waals surface area contributed by atoms with Crippen LogP contribution >= 0.6 is 0 Å². The van der Waals surface area contributed by atoms with Crippen LogP contribution in [-0.4, -0.2) is 33.9 Å². The number of benzene rings is 2. The number of nitrogens with two attached hydrogens (primary N) is 1. The van der Waals surface area contributed by atoms with Gasteiger partial charge in [-0.1, -0.05) is 24.3 Å². The van der Waals surface area contributed by atoms with Crippen molar-refractivity contribution < 1.29 is 9.47 Å². The van der Waals surface area contributed by atoms with E-state index in [1.54, 1.807) is 14.2 Å². The Bertz CT molecular complexity index is 692. The Morgan fingerprint density at radius 3 is 2.32 bits per heavy atom. The van der Waals surface area contributed by atoms with E-state index in [-0.39, 0.29) is 6.04 Å². The van der Waals surface area contributed by atoms with E-state index in [1.807, 2.05) is 18.2 Å².